The highest BCUT2D eigenvalue weighted by molar-refractivity contribution is 6.21. The first-order chi connectivity index (χ1) is 19.0. The molecule has 40 heavy (non-hydrogen) atoms. The van der Waals surface area contributed by atoms with Crippen LogP contribution in [0.1, 0.15) is 57.3 Å². The Bertz CT molecular complexity index is 1480. The van der Waals surface area contributed by atoms with Gasteiger partial charge in [0.25, 0.3) is 0 Å². The zero-order chi connectivity index (χ0) is 29.3. The number of carbonyl (C=O) groups is 5. The molecule has 0 bridgehead atoms. The molecule has 1 saturated heterocycles. The highest BCUT2D eigenvalue weighted by Gasteiger charge is 2.49. The van der Waals surface area contributed by atoms with Gasteiger partial charge in [-0.1, -0.05) is 47.5 Å². The molecule has 1 aliphatic rings. The van der Waals surface area contributed by atoms with Gasteiger partial charge >= 0.3 is 18.0 Å². The first-order valence-electron chi connectivity index (χ1n) is 12.9. The zero-order valence-corrected chi connectivity index (χ0v) is 23.3. The molecule has 0 unspecified atom stereocenters. The van der Waals surface area contributed by atoms with Gasteiger partial charge in [-0.2, -0.15) is 0 Å². The molecule has 2 heterocycles. The molecule has 3 aromatic rings. The number of carbonyl (C=O) groups excluding carboxylic acids is 5. The SMILES string of the molecule is CCOC(=O)c1c(C2C(=O)N(C)C(=O)N(C)C2=O)c(-c2ccc(C)cc2)n(-c2ccc(C)cc2)c1C(=O)OCC. The molecular weight excluding hydrogens is 514 g/mol. The number of ether oxygens (including phenoxy) is 2. The molecule has 1 fully saturated rings. The van der Waals surface area contributed by atoms with E-state index >= 15 is 0 Å². The number of nitrogens with zero attached hydrogens (tertiary/aromatic N) is 3. The molecule has 1 aromatic heterocycles. The Labute approximate surface area is 232 Å². The first-order valence-corrected chi connectivity index (χ1v) is 12.9. The second kappa shape index (κ2) is 11.2. The van der Waals surface area contributed by atoms with Crippen LogP contribution in [-0.2, 0) is 19.1 Å². The Morgan fingerprint density at radius 3 is 1.73 bits per heavy atom. The Hall–Kier alpha value is -4.73. The van der Waals surface area contributed by atoms with Crippen LogP contribution in [0.4, 0.5) is 4.79 Å². The number of hydrogen-bond donors (Lipinski definition) is 0. The number of aromatic nitrogens is 1. The van der Waals surface area contributed by atoms with Gasteiger partial charge in [0.05, 0.1) is 24.5 Å². The molecule has 10 heteroatoms. The average molecular weight is 546 g/mol. The molecule has 0 saturated carbocycles. The van der Waals surface area contributed by atoms with Crippen molar-refractivity contribution in [2.75, 3.05) is 27.3 Å². The van der Waals surface area contributed by atoms with Crippen molar-refractivity contribution in [3.8, 4) is 16.9 Å². The molecular formula is C30H31N3O7. The maximum atomic E-state index is 13.7. The number of esters is 2. The fourth-order valence-corrected chi connectivity index (χ4v) is 4.78. The van der Waals surface area contributed by atoms with Crippen molar-refractivity contribution < 1.29 is 33.4 Å². The van der Waals surface area contributed by atoms with E-state index in [0.717, 1.165) is 20.9 Å². The van der Waals surface area contributed by atoms with Gasteiger partial charge in [-0.3, -0.25) is 19.4 Å². The van der Waals surface area contributed by atoms with E-state index in [9.17, 15) is 24.0 Å². The van der Waals surface area contributed by atoms with Crippen molar-refractivity contribution in [3.63, 3.8) is 0 Å². The van der Waals surface area contributed by atoms with Crippen LogP contribution >= 0.6 is 0 Å². The minimum absolute atomic E-state index is 0.0106. The summed E-state index contributed by atoms with van der Waals surface area (Å²) in [6, 6.07) is 13.6. The van der Waals surface area contributed by atoms with E-state index < -0.39 is 35.7 Å². The molecule has 2 aromatic carbocycles. The lowest BCUT2D eigenvalue weighted by Gasteiger charge is -2.33. The Morgan fingerprint density at radius 2 is 1.23 bits per heavy atom. The molecule has 10 nitrogen and oxygen atoms in total. The zero-order valence-electron chi connectivity index (χ0n) is 23.3. The predicted molar refractivity (Wildman–Crippen MR) is 146 cm³/mol. The minimum atomic E-state index is -1.61. The third-order valence-corrected chi connectivity index (χ3v) is 6.79. The number of urea groups is 1. The highest BCUT2D eigenvalue weighted by Crippen LogP contribution is 2.42. The van der Waals surface area contributed by atoms with Crippen molar-refractivity contribution >= 4 is 29.8 Å². The molecule has 0 N–H and O–H groups in total. The van der Waals surface area contributed by atoms with Gasteiger partial charge in [-0.15, -0.1) is 0 Å². The maximum Gasteiger partial charge on any atom is 0.356 e. The van der Waals surface area contributed by atoms with Crippen LogP contribution in [0.3, 0.4) is 0 Å². The lowest BCUT2D eigenvalue weighted by molar-refractivity contribution is -0.143. The highest BCUT2D eigenvalue weighted by atomic mass is 16.5. The third-order valence-electron chi connectivity index (χ3n) is 6.79. The summed E-state index contributed by atoms with van der Waals surface area (Å²) in [5, 5.41) is 0. The summed E-state index contributed by atoms with van der Waals surface area (Å²) in [6.45, 7) is 7.03. The largest absolute Gasteiger partial charge is 0.462 e. The number of hydrogen-bond acceptors (Lipinski definition) is 7. The second-order valence-electron chi connectivity index (χ2n) is 9.47. The average Bonchev–Trinajstić information content (AvgIpc) is 3.28. The number of barbiturate groups is 1. The third kappa shape index (κ3) is 4.76. The Morgan fingerprint density at radius 1 is 0.750 bits per heavy atom. The predicted octanol–water partition coefficient (Wildman–Crippen LogP) is 4.25. The summed E-state index contributed by atoms with van der Waals surface area (Å²) in [4.78, 5) is 68.8. The number of likely N-dealkylation sites (N-methyl/N-ethyl adjacent to an activating group) is 2. The topological polar surface area (TPSA) is 115 Å². The number of aryl methyl sites for hydroxylation is 2. The van der Waals surface area contributed by atoms with E-state index in [1.807, 2.05) is 38.1 Å². The van der Waals surface area contributed by atoms with Crippen molar-refractivity contribution in [1.29, 1.82) is 0 Å². The van der Waals surface area contributed by atoms with E-state index in [0.29, 0.717) is 11.3 Å². The van der Waals surface area contributed by atoms with Crippen LogP contribution in [0.25, 0.3) is 16.9 Å². The number of imide groups is 2. The number of rotatable bonds is 7. The summed E-state index contributed by atoms with van der Waals surface area (Å²) in [5.41, 5.74) is 2.71. The Kier molecular flexibility index (Phi) is 7.90. The van der Waals surface area contributed by atoms with E-state index in [1.54, 1.807) is 38.1 Å². The number of benzene rings is 2. The van der Waals surface area contributed by atoms with Gasteiger partial charge in [0.1, 0.15) is 11.6 Å². The minimum Gasteiger partial charge on any atom is -0.462 e. The van der Waals surface area contributed by atoms with E-state index in [4.69, 9.17) is 9.47 Å². The van der Waals surface area contributed by atoms with Gasteiger partial charge in [0.15, 0.2) is 0 Å². The second-order valence-corrected chi connectivity index (χ2v) is 9.47. The molecule has 4 amide bonds. The smallest absolute Gasteiger partial charge is 0.356 e. The normalized spacial score (nSPS) is 14.1. The molecule has 0 aliphatic carbocycles. The maximum absolute atomic E-state index is 13.7. The Balaban J connectivity index is 2.24. The quantitative estimate of drug-likeness (QED) is 0.322. The summed E-state index contributed by atoms with van der Waals surface area (Å²) >= 11 is 0. The molecule has 1 aliphatic heterocycles. The molecule has 0 radical (unpaired) electrons. The number of amides is 4. The van der Waals surface area contributed by atoms with Crippen LogP contribution in [-0.4, -0.2) is 71.5 Å². The molecule has 0 atom stereocenters. The fraction of sp³-hybridized carbons (Fsp3) is 0.300. The monoisotopic (exact) mass is 545 g/mol. The lowest BCUT2D eigenvalue weighted by Crippen LogP contribution is -2.56. The van der Waals surface area contributed by atoms with Crippen LogP contribution in [0, 0.1) is 13.8 Å². The molecule has 208 valence electrons. The summed E-state index contributed by atoms with van der Waals surface area (Å²) < 4.78 is 12.3. The molecule has 4 rings (SSSR count). The van der Waals surface area contributed by atoms with E-state index in [1.165, 1.54) is 18.7 Å². The van der Waals surface area contributed by atoms with Crippen LogP contribution in [0.2, 0.25) is 0 Å². The van der Waals surface area contributed by atoms with Crippen LogP contribution in [0.15, 0.2) is 48.5 Å². The van der Waals surface area contributed by atoms with Gasteiger partial charge in [0, 0.05) is 25.3 Å². The first kappa shape index (κ1) is 28.3. The van der Waals surface area contributed by atoms with E-state index in [2.05, 4.69) is 0 Å². The van der Waals surface area contributed by atoms with Gasteiger partial charge < -0.3 is 14.0 Å². The summed E-state index contributed by atoms with van der Waals surface area (Å²) in [6.07, 6.45) is 0. The van der Waals surface area contributed by atoms with Crippen LogP contribution < -0.4 is 0 Å². The van der Waals surface area contributed by atoms with Gasteiger partial charge in [0.2, 0.25) is 11.8 Å². The summed E-state index contributed by atoms with van der Waals surface area (Å²) in [5.74, 6) is -5.00. The van der Waals surface area contributed by atoms with Crippen LogP contribution in [0.5, 0.6) is 0 Å². The standard InChI is InChI=1S/C30H31N3O7/c1-7-39-28(36)22-21(23-26(34)31(5)30(38)32(6)27(23)35)24(19-13-9-17(3)10-14-19)33(25(22)29(37)40-8-2)20-15-11-18(4)12-16-20/h9-16,23H,7-8H2,1-6H3. The summed E-state index contributed by atoms with van der Waals surface area (Å²) in [7, 11) is 2.53. The van der Waals surface area contributed by atoms with Gasteiger partial charge in [-0.25, -0.2) is 14.4 Å². The lowest BCUT2D eigenvalue weighted by atomic mass is 9.88. The van der Waals surface area contributed by atoms with Gasteiger partial charge in [-0.05, 0) is 45.4 Å². The van der Waals surface area contributed by atoms with Crippen molar-refractivity contribution in [2.24, 2.45) is 0 Å². The molecule has 0 spiro atoms. The van der Waals surface area contributed by atoms with Crippen molar-refractivity contribution in [1.82, 2.24) is 14.4 Å². The van der Waals surface area contributed by atoms with Crippen molar-refractivity contribution in [3.05, 3.63) is 76.5 Å². The van der Waals surface area contributed by atoms with E-state index in [-0.39, 0.29) is 35.7 Å². The fourth-order valence-electron chi connectivity index (χ4n) is 4.78. The van der Waals surface area contributed by atoms with Crippen molar-refractivity contribution in [2.45, 2.75) is 33.6 Å².